The molecule has 0 N–H and O–H groups in total. The number of nitrogens with zero attached hydrogens (tertiary/aromatic N) is 2. The van der Waals surface area contributed by atoms with Crippen LogP contribution in [-0.2, 0) is 0 Å². The Balaban J connectivity index is 1.18. The van der Waals surface area contributed by atoms with Crippen LogP contribution in [0.3, 0.4) is 0 Å². The molecule has 0 radical (unpaired) electrons. The van der Waals surface area contributed by atoms with Crippen LogP contribution < -0.4 is 0 Å². The van der Waals surface area contributed by atoms with E-state index in [4.69, 9.17) is 14.4 Å². The van der Waals surface area contributed by atoms with Crippen LogP contribution in [0.2, 0.25) is 0 Å². The molecule has 2 heterocycles. The molecule has 9 aromatic carbocycles. The van der Waals surface area contributed by atoms with E-state index < -0.39 is 0 Å². The van der Waals surface area contributed by atoms with Crippen molar-refractivity contribution in [2.24, 2.45) is 9.98 Å². The van der Waals surface area contributed by atoms with E-state index in [-0.39, 0.29) is 6.04 Å². The number of rotatable bonds is 6. The maximum atomic E-state index is 6.53. The first-order valence-corrected chi connectivity index (χ1v) is 21.0. The fraction of sp³-hybridized carbons (Fsp3) is 0.0545. The first kappa shape index (κ1) is 35.1. The lowest BCUT2D eigenvalue weighted by Crippen LogP contribution is -2.06. The van der Waals surface area contributed by atoms with Gasteiger partial charge in [-0.2, -0.15) is 0 Å². The van der Waals surface area contributed by atoms with E-state index in [1.807, 2.05) is 29.5 Å². The predicted molar refractivity (Wildman–Crippen MR) is 253 cm³/mol. The second-order valence-corrected chi connectivity index (χ2v) is 16.3. The standard InChI is InChI=1S/C55H38N2OS/c1-34(36-17-5-3-6-18-36)56-55(57-35(2)39-26-15-28-47-45-25-13-14-29-49(45)58-53(39)47)48-33-38-21-9-10-22-41(38)52-51-46(27-16-30-50(51)59-54(48)52)44-32-31-40(37-19-7-4-8-20-37)42-23-11-12-24-43(42)44/h3-33,35H,1-2H3. The molecule has 0 saturated heterocycles. The summed E-state index contributed by atoms with van der Waals surface area (Å²) in [6, 6.07) is 66.7. The molecular formula is C55H38N2OS. The Bertz CT molecular complexity index is 3470. The van der Waals surface area contributed by atoms with Crippen molar-refractivity contribution in [3.63, 3.8) is 0 Å². The number of aliphatic imine (C=N–C) groups is 2. The van der Waals surface area contributed by atoms with Gasteiger partial charge in [-0.25, -0.2) is 4.99 Å². The van der Waals surface area contributed by atoms with Gasteiger partial charge in [0.05, 0.1) is 6.04 Å². The highest BCUT2D eigenvalue weighted by molar-refractivity contribution is 7.26. The van der Waals surface area contributed by atoms with Gasteiger partial charge in [-0.1, -0.05) is 170 Å². The average molecular weight is 775 g/mol. The number of hydrogen-bond donors (Lipinski definition) is 0. The van der Waals surface area contributed by atoms with Crippen molar-refractivity contribution in [2.75, 3.05) is 0 Å². The largest absolute Gasteiger partial charge is 0.456 e. The Kier molecular flexibility index (Phi) is 8.53. The van der Waals surface area contributed by atoms with Crippen LogP contribution in [0.5, 0.6) is 0 Å². The van der Waals surface area contributed by atoms with Crippen LogP contribution in [-0.4, -0.2) is 11.5 Å². The Labute approximate surface area is 346 Å². The number of thiophene rings is 1. The minimum absolute atomic E-state index is 0.248. The number of hydrogen-bond acceptors (Lipinski definition) is 3. The van der Waals surface area contributed by atoms with Gasteiger partial charge in [0, 0.05) is 47.8 Å². The molecular weight excluding hydrogens is 737 g/mol. The van der Waals surface area contributed by atoms with Crippen molar-refractivity contribution in [3.8, 4) is 22.3 Å². The van der Waals surface area contributed by atoms with Crippen molar-refractivity contribution in [2.45, 2.75) is 19.9 Å². The van der Waals surface area contributed by atoms with Gasteiger partial charge in [-0.15, -0.1) is 11.3 Å². The second kappa shape index (κ2) is 14.4. The SMILES string of the molecule is CC(=NC(=NC(C)c1cccc2c1oc1ccccc12)c1cc2ccccc2c2c1sc1cccc(-c3ccc(-c4ccccc4)c4ccccc34)c12)c1ccccc1. The summed E-state index contributed by atoms with van der Waals surface area (Å²) in [5.41, 5.74) is 10.7. The summed E-state index contributed by atoms with van der Waals surface area (Å²) in [6.07, 6.45) is 0. The van der Waals surface area contributed by atoms with Crippen LogP contribution in [0.25, 0.3) is 85.9 Å². The number of fused-ring (bicyclic) bond motifs is 9. The molecule has 0 bridgehead atoms. The normalized spacial score (nSPS) is 13.1. The molecule has 0 aliphatic heterocycles. The molecule has 280 valence electrons. The zero-order valence-electron chi connectivity index (χ0n) is 32.7. The number of benzene rings is 9. The van der Waals surface area contributed by atoms with E-state index in [0.29, 0.717) is 5.84 Å². The molecule has 0 amide bonds. The Morgan fingerprint density at radius 2 is 1.19 bits per heavy atom. The lowest BCUT2D eigenvalue weighted by molar-refractivity contribution is 0.654. The smallest absolute Gasteiger partial charge is 0.156 e. The van der Waals surface area contributed by atoms with Crippen LogP contribution in [0.4, 0.5) is 0 Å². The van der Waals surface area contributed by atoms with Gasteiger partial charge in [0.2, 0.25) is 0 Å². The topological polar surface area (TPSA) is 37.9 Å². The van der Waals surface area contributed by atoms with Crippen LogP contribution in [0.1, 0.15) is 36.6 Å². The maximum Gasteiger partial charge on any atom is 0.156 e. The van der Waals surface area contributed by atoms with Gasteiger partial charge in [0.1, 0.15) is 11.2 Å². The van der Waals surface area contributed by atoms with E-state index >= 15 is 0 Å². The second-order valence-electron chi connectivity index (χ2n) is 15.2. The van der Waals surface area contributed by atoms with Crippen molar-refractivity contribution in [1.82, 2.24) is 0 Å². The predicted octanol–water partition coefficient (Wildman–Crippen LogP) is 15.6. The summed E-state index contributed by atoms with van der Waals surface area (Å²) < 4.78 is 8.93. The molecule has 3 nitrogen and oxygen atoms in total. The molecule has 11 aromatic rings. The van der Waals surface area contributed by atoms with Gasteiger partial charge < -0.3 is 4.42 Å². The van der Waals surface area contributed by atoms with Gasteiger partial charge in [0.15, 0.2) is 5.84 Å². The number of furan rings is 1. The molecule has 0 spiro atoms. The van der Waals surface area contributed by atoms with Crippen molar-refractivity contribution >= 4 is 86.5 Å². The summed E-state index contributed by atoms with van der Waals surface area (Å²) in [5, 5.41) is 9.55. The van der Waals surface area contributed by atoms with Crippen molar-refractivity contribution in [1.29, 1.82) is 0 Å². The van der Waals surface area contributed by atoms with Gasteiger partial charge in [0.25, 0.3) is 0 Å². The lowest BCUT2D eigenvalue weighted by atomic mass is 9.89. The molecule has 11 rings (SSSR count). The van der Waals surface area contributed by atoms with Crippen LogP contribution >= 0.6 is 11.3 Å². The van der Waals surface area contributed by atoms with E-state index in [1.54, 1.807) is 0 Å². The molecule has 0 aliphatic rings. The zero-order valence-corrected chi connectivity index (χ0v) is 33.5. The first-order valence-electron chi connectivity index (χ1n) is 20.1. The molecule has 0 aliphatic carbocycles. The molecule has 0 fully saturated rings. The lowest BCUT2D eigenvalue weighted by Gasteiger charge is -2.15. The molecule has 59 heavy (non-hydrogen) atoms. The third-order valence-electron chi connectivity index (χ3n) is 11.7. The van der Waals surface area contributed by atoms with Crippen LogP contribution in [0, 0.1) is 0 Å². The highest BCUT2D eigenvalue weighted by Crippen LogP contribution is 2.47. The van der Waals surface area contributed by atoms with Crippen LogP contribution in [0.15, 0.2) is 202 Å². The summed E-state index contributed by atoms with van der Waals surface area (Å²) in [6.45, 7) is 4.24. The van der Waals surface area contributed by atoms with Crippen molar-refractivity contribution in [3.05, 3.63) is 205 Å². The maximum absolute atomic E-state index is 6.53. The van der Waals surface area contributed by atoms with Gasteiger partial charge >= 0.3 is 0 Å². The molecule has 1 unspecified atom stereocenters. The number of amidine groups is 1. The highest BCUT2D eigenvalue weighted by atomic mass is 32.1. The van der Waals surface area contributed by atoms with E-state index in [1.165, 1.54) is 58.6 Å². The monoisotopic (exact) mass is 774 g/mol. The Morgan fingerprint density at radius 3 is 2.00 bits per heavy atom. The van der Waals surface area contributed by atoms with Gasteiger partial charge in [-0.3, -0.25) is 4.99 Å². The minimum Gasteiger partial charge on any atom is -0.456 e. The average Bonchev–Trinajstić information content (AvgIpc) is 3.88. The third kappa shape index (κ3) is 5.95. The summed E-state index contributed by atoms with van der Waals surface area (Å²) in [7, 11) is 0. The molecule has 1 atom stereocenters. The molecule has 0 saturated carbocycles. The van der Waals surface area contributed by atoms with Crippen molar-refractivity contribution < 1.29 is 4.42 Å². The number of para-hydroxylation sites is 2. The molecule has 4 heteroatoms. The molecule has 2 aromatic heterocycles. The fourth-order valence-corrected chi connectivity index (χ4v) is 10.1. The summed E-state index contributed by atoms with van der Waals surface area (Å²) in [4.78, 5) is 11.0. The highest BCUT2D eigenvalue weighted by Gasteiger charge is 2.22. The third-order valence-corrected chi connectivity index (χ3v) is 12.9. The van der Waals surface area contributed by atoms with Gasteiger partial charge in [-0.05, 0) is 81.4 Å². The quantitative estimate of drug-likeness (QED) is 0.122. The fourth-order valence-electron chi connectivity index (χ4n) is 8.87. The Hall–Kier alpha value is -7.14. The summed E-state index contributed by atoms with van der Waals surface area (Å²) in [5.74, 6) is 0.702. The minimum atomic E-state index is -0.248. The van der Waals surface area contributed by atoms with E-state index in [2.05, 4.69) is 184 Å². The first-order chi connectivity index (χ1) is 29.1. The summed E-state index contributed by atoms with van der Waals surface area (Å²) >= 11 is 1.83. The van der Waals surface area contributed by atoms with E-state index in [0.717, 1.165) is 49.7 Å². The van der Waals surface area contributed by atoms with E-state index in [9.17, 15) is 0 Å². The Morgan fingerprint density at radius 1 is 0.542 bits per heavy atom. The zero-order chi connectivity index (χ0) is 39.5.